The number of nitrogens with one attached hydrogen (secondary N) is 2. The molecule has 6 rings (SSSR count). The number of carbonyl (C=O) groups excluding carboxylic acids is 3. The number of aryl methyl sites for hydroxylation is 2. The number of para-hydroxylation sites is 1. The number of piperazine rings is 1. The maximum Gasteiger partial charge on any atom is 0.277 e. The standard InChI is InChI=1S/C33H40N6O4/c1-22-7-3-4-8-28(22)37-15-17-39(18-16-37)30-23(2)19-25(31(41)34-12-6-14-38-13-5-9-29(38)40)20-26(30)35-32(42)27-21-43-33(36-27)24-10-11-24/h3-4,7-8,19-21,24H,5-6,9-18H2,1-2H3,(H,34,41)(H,35,42). The van der Waals surface area contributed by atoms with E-state index in [1.165, 1.54) is 17.5 Å². The number of aromatic nitrogens is 1. The molecule has 3 aliphatic rings. The van der Waals surface area contributed by atoms with Crippen molar-refractivity contribution in [1.82, 2.24) is 15.2 Å². The van der Waals surface area contributed by atoms with Crippen LogP contribution in [-0.2, 0) is 4.79 Å². The fourth-order valence-electron chi connectivity index (χ4n) is 6.13. The number of likely N-dealkylation sites (tertiary alicyclic amines) is 1. The summed E-state index contributed by atoms with van der Waals surface area (Å²) in [6, 6.07) is 12.1. The zero-order valence-electron chi connectivity index (χ0n) is 25.0. The van der Waals surface area contributed by atoms with Crippen LogP contribution in [-0.4, -0.2) is 73.4 Å². The predicted molar refractivity (Wildman–Crippen MR) is 166 cm³/mol. The van der Waals surface area contributed by atoms with Crippen molar-refractivity contribution in [3.05, 3.63) is 70.9 Å². The molecular formula is C33H40N6O4. The molecule has 10 heteroatoms. The highest BCUT2D eigenvalue weighted by Crippen LogP contribution is 2.39. The summed E-state index contributed by atoms with van der Waals surface area (Å²) in [4.78, 5) is 49.4. The fourth-order valence-corrected chi connectivity index (χ4v) is 6.13. The third-order valence-electron chi connectivity index (χ3n) is 8.61. The van der Waals surface area contributed by atoms with E-state index in [0.717, 1.165) is 63.2 Å². The number of benzene rings is 2. The van der Waals surface area contributed by atoms with Crippen LogP contribution in [0.25, 0.3) is 0 Å². The van der Waals surface area contributed by atoms with Crippen LogP contribution < -0.4 is 20.4 Å². The summed E-state index contributed by atoms with van der Waals surface area (Å²) in [7, 11) is 0. The second-order valence-corrected chi connectivity index (χ2v) is 11.8. The minimum atomic E-state index is -0.359. The van der Waals surface area contributed by atoms with Gasteiger partial charge < -0.3 is 29.8 Å². The minimum absolute atomic E-state index is 0.189. The van der Waals surface area contributed by atoms with E-state index in [0.29, 0.717) is 49.0 Å². The first-order valence-electron chi connectivity index (χ1n) is 15.4. The molecule has 2 aromatic carbocycles. The molecule has 0 spiro atoms. The van der Waals surface area contributed by atoms with E-state index in [9.17, 15) is 14.4 Å². The number of amides is 3. The van der Waals surface area contributed by atoms with Gasteiger partial charge in [0.1, 0.15) is 6.26 Å². The van der Waals surface area contributed by atoms with Crippen LogP contribution in [0.15, 0.2) is 47.1 Å². The lowest BCUT2D eigenvalue weighted by Gasteiger charge is -2.39. The highest BCUT2D eigenvalue weighted by atomic mass is 16.3. The lowest BCUT2D eigenvalue weighted by atomic mass is 10.0. The summed E-state index contributed by atoms with van der Waals surface area (Å²) < 4.78 is 5.57. The number of rotatable bonds is 10. The first kappa shape index (κ1) is 28.8. The molecule has 3 heterocycles. The topological polar surface area (TPSA) is 111 Å². The number of nitrogens with zero attached hydrogens (tertiary/aromatic N) is 4. The summed E-state index contributed by atoms with van der Waals surface area (Å²) in [6.45, 7) is 9.25. The Balaban J connectivity index is 1.19. The molecule has 0 unspecified atom stereocenters. The summed E-state index contributed by atoms with van der Waals surface area (Å²) in [5, 5.41) is 6.04. The predicted octanol–water partition coefficient (Wildman–Crippen LogP) is 4.49. The molecule has 10 nitrogen and oxygen atoms in total. The Hall–Kier alpha value is -4.34. The van der Waals surface area contributed by atoms with E-state index in [4.69, 9.17) is 4.42 Å². The summed E-state index contributed by atoms with van der Waals surface area (Å²) >= 11 is 0. The van der Waals surface area contributed by atoms with Gasteiger partial charge in [-0.05, 0) is 68.9 Å². The van der Waals surface area contributed by atoms with Crippen molar-refractivity contribution >= 4 is 34.8 Å². The van der Waals surface area contributed by atoms with Crippen molar-refractivity contribution < 1.29 is 18.8 Å². The Kier molecular flexibility index (Phi) is 8.35. The number of hydrogen-bond acceptors (Lipinski definition) is 7. The van der Waals surface area contributed by atoms with E-state index in [1.54, 1.807) is 6.07 Å². The minimum Gasteiger partial charge on any atom is -0.448 e. The molecule has 1 aliphatic carbocycles. The maximum atomic E-state index is 13.3. The zero-order valence-corrected chi connectivity index (χ0v) is 25.0. The molecule has 3 fully saturated rings. The lowest BCUT2D eigenvalue weighted by Crippen LogP contribution is -2.47. The van der Waals surface area contributed by atoms with Crippen molar-refractivity contribution in [2.45, 2.75) is 51.9 Å². The van der Waals surface area contributed by atoms with Crippen molar-refractivity contribution in [3.63, 3.8) is 0 Å². The molecule has 226 valence electrons. The van der Waals surface area contributed by atoms with Crippen LogP contribution in [0.5, 0.6) is 0 Å². The second-order valence-electron chi connectivity index (χ2n) is 11.8. The van der Waals surface area contributed by atoms with Gasteiger partial charge in [-0.1, -0.05) is 18.2 Å². The monoisotopic (exact) mass is 584 g/mol. The Bertz CT molecular complexity index is 1500. The van der Waals surface area contributed by atoms with E-state index < -0.39 is 0 Å². The van der Waals surface area contributed by atoms with Crippen molar-refractivity contribution in [3.8, 4) is 0 Å². The van der Waals surface area contributed by atoms with Gasteiger partial charge in [0.25, 0.3) is 11.8 Å². The van der Waals surface area contributed by atoms with Crippen LogP contribution in [0.2, 0.25) is 0 Å². The molecule has 0 atom stereocenters. The number of anilines is 3. The summed E-state index contributed by atoms with van der Waals surface area (Å²) in [5.41, 5.74) is 5.61. The van der Waals surface area contributed by atoms with E-state index in [1.807, 2.05) is 17.9 Å². The molecule has 2 N–H and O–H groups in total. The zero-order chi connectivity index (χ0) is 29.9. The van der Waals surface area contributed by atoms with Crippen molar-refractivity contribution in [1.29, 1.82) is 0 Å². The lowest BCUT2D eigenvalue weighted by molar-refractivity contribution is -0.127. The van der Waals surface area contributed by atoms with Gasteiger partial charge in [0, 0.05) is 69.4 Å². The van der Waals surface area contributed by atoms with Crippen molar-refractivity contribution in [2.24, 2.45) is 0 Å². The molecule has 1 aromatic heterocycles. The van der Waals surface area contributed by atoms with Gasteiger partial charge in [0.15, 0.2) is 11.6 Å². The molecule has 0 bridgehead atoms. The first-order valence-corrected chi connectivity index (χ1v) is 15.4. The first-order chi connectivity index (χ1) is 20.9. The van der Waals surface area contributed by atoms with Crippen LogP contribution in [0.4, 0.5) is 17.1 Å². The molecular weight excluding hydrogens is 544 g/mol. The fraction of sp³-hybridized carbons (Fsp3) is 0.455. The SMILES string of the molecule is Cc1ccccc1N1CCN(c2c(C)cc(C(=O)NCCCN3CCCC3=O)cc2NC(=O)c2coc(C3CC3)n2)CC1. The summed E-state index contributed by atoms with van der Waals surface area (Å²) in [5.74, 6) is 0.536. The number of oxazole rings is 1. The molecule has 3 aromatic rings. The Morgan fingerprint density at radius 2 is 1.74 bits per heavy atom. The van der Waals surface area contributed by atoms with Gasteiger partial charge in [0.2, 0.25) is 5.91 Å². The van der Waals surface area contributed by atoms with Gasteiger partial charge in [-0.2, -0.15) is 0 Å². The van der Waals surface area contributed by atoms with Gasteiger partial charge in [-0.25, -0.2) is 4.98 Å². The van der Waals surface area contributed by atoms with Crippen molar-refractivity contribution in [2.75, 3.05) is 60.9 Å². The molecule has 43 heavy (non-hydrogen) atoms. The number of carbonyl (C=O) groups is 3. The second kappa shape index (κ2) is 12.5. The van der Waals surface area contributed by atoms with E-state index >= 15 is 0 Å². The van der Waals surface area contributed by atoms with Crippen LogP contribution >= 0.6 is 0 Å². The van der Waals surface area contributed by atoms with Gasteiger partial charge >= 0.3 is 0 Å². The van der Waals surface area contributed by atoms with Gasteiger partial charge in [-0.15, -0.1) is 0 Å². The molecule has 1 saturated carbocycles. The highest BCUT2D eigenvalue weighted by Gasteiger charge is 2.30. The molecule has 2 aliphatic heterocycles. The maximum absolute atomic E-state index is 13.3. The highest BCUT2D eigenvalue weighted by molar-refractivity contribution is 6.06. The molecule has 2 saturated heterocycles. The van der Waals surface area contributed by atoms with E-state index in [2.05, 4.69) is 56.6 Å². The smallest absolute Gasteiger partial charge is 0.277 e. The normalized spacial score (nSPS) is 17.0. The third kappa shape index (κ3) is 6.53. The Morgan fingerprint density at radius 3 is 2.47 bits per heavy atom. The average molecular weight is 585 g/mol. The van der Waals surface area contributed by atoms with Crippen LogP contribution in [0.3, 0.4) is 0 Å². The molecule has 3 amide bonds. The van der Waals surface area contributed by atoms with Crippen LogP contribution in [0.1, 0.15) is 75.9 Å². The Labute approximate surface area is 252 Å². The quantitative estimate of drug-likeness (QED) is 0.338. The Morgan fingerprint density at radius 1 is 0.977 bits per heavy atom. The van der Waals surface area contributed by atoms with Crippen LogP contribution in [0, 0.1) is 13.8 Å². The van der Waals surface area contributed by atoms with Gasteiger partial charge in [0.05, 0.1) is 11.4 Å². The molecule has 0 radical (unpaired) electrons. The van der Waals surface area contributed by atoms with Gasteiger partial charge in [-0.3, -0.25) is 14.4 Å². The number of hydrogen-bond donors (Lipinski definition) is 2. The average Bonchev–Trinajstić information content (AvgIpc) is 3.58. The largest absolute Gasteiger partial charge is 0.448 e. The van der Waals surface area contributed by atoms with E-state index in [-0.39, 0.29) is 23.4 Å². The summed E-state index contributed by atoms with van der Waals surface area (Å²) in [6.07, 6.45) is 5.69. The third-order valence-corrected chi connectivity index (χ3v) is 8.61.